The monoisotopic (exact) mass is 626 g/mol. The van der Waals surface area contributed by atoms with Crippen molar-refractivity contribution >= 4 is 74.7 Å². The van der Waals surface area contributed by atoms with Gasteiger partial charge in [0, 0.05) is 20.5 Å². The van der Waals surface area contributed by atoms with Gasteiger partial charge in [-0.15, -0.1) is 23.1 Å². The summed E-state index contributed by atoms with van der Waals surface area (Å²) in [6, 6.07) is 15.1. The highest BCUT2D eigenvalue weighted by Crippen LogP contribution is 2.69. The summed E-state index contributed by atoms with van der Waals surface area (Å²) in [5.74, 6) is -0.608. The van der Waals surface area contributed by atoms with E-state index in [-0.39, 0.29) is 59.2 Å². The first-order valence-corrected chi connectivity index (χ1v) is 15.6. The van der Waals surface area contributed by atoms with Crippen molar-refractivity contribution in [3.63, 3.8) is 0 Å². The van der Waals surface area contributed by atoms with Crippen LogP contribution in [0.1, 0.15) is 40.1 Å². The average molecular weight is 628 g/mol. The number of carbonyl (C=O) groups is 3. The average Bonchev–Trinajstić information content (AvgIpc) is 3.64. The standard InChI is InChI=1S/C28H23BrN2O4S3/c1-2-35-27(34)13-5-9-15(10-6-13)31-25(32)20-16-11-17(21(20)26(31)33)22-19(16)18(12-3-7-14(29)8-4-12)23-24(37-22)30-28(36)38-23/h3-10,16-22H,2,11H2,1H3,(H,30,36). The molecule has 3 fully saturated rings. The molecule has 194 valence electrons. The molecule has 2 aliphatic heterocycles. The van der Waals surface area contributed by atoms with Crippen molar-refractivity contribution in [1.82, 2.24) is 4.98 Å². The van der Waals surface area contributed by atoms with Crippen molar-refractivity contribution in [2.24, 2.45) is 29.6 Å². The van der Waals surface area contributed by atoms with E-state index in [1.54, 1.807) is 42.5 Å². The largest absolute Gasteiger partial charge is 0.462 e. The predicted octanol–water partition coefficient (Wildman–Crippen LogP) is 6.42. The number of benzene rings is 2. The lowest BCUT2D eigenvalue weighted by Crippen LogP contribution is -2.42. The quantitative estimate of drug-likeness (QED) is 0.204. The molecular weight excluding hydrogens is 604 g/mol. The first kappa shape index (κ1) is 24.7. The van der Waals surface area contributed by atoms with Gasteiger partial charge in [0.25, 0.3) is 0 Å². The summed E-state index contributed by atoms with van der Waals surface area (Å²) in [6.45, 7) is 2.04. The Kier molecular flexibility index (Phi) is 5.96. The third kappa shape index (κ3) is 3.56. The fourth-order valence-corrected chi connectivity index (χ4v) is 10.9. The summed E-state index contributed by atoms with van der Waals surface area (Å²) in [4.78, 5) is 45.8. The number of carbonyl (C=O) groups excluding carboxylic acids is 3. The fraction of sp³-hybridized carbons (Fsp3) is 0.357. The lowest BCUT2D eigenvalue weighted by atomic mass is 9.68. The maximum atomic E-state index is 13.9. The Balaban J connectivity index is 1.25. The van der Waals surface area contributed by atoms with Crippen molar-refractivity contribution in [3.05, 3.63) is 73.0 Å². The van der Waals surface area contributed by atoms with Gasteiger partial charge in [0.05, 0.1) is 34.7 Å². The maximum Gasteiger partial charge on any atom is 0.338 e. The number of hydrogen-bond donors (Lipinski definition) is 1. The van der Waals surface area contributed by atoms with Gasteiger partial charge in [0.1, 0.15) is 0 Å². The minimum atomic E-state index is -0.417. The topological polar surface area (TPSA) is 79.5 Å². The molecule has 7 atom stereocenters. The van der Waals surface area contributed by atoms with Crippen LogP contribution >= 0.6 is 51.2 Å². The summed E-state index contributed by atoms with van der Waals surface area (Å²) in [5.41, 5.74) is 2.14. The Morgan fingerprint density at radius 3 is 2.45 bits per heavy atom. The molecule has 1 N–H and O–H groups in total. The molecule has 3 heterocycles. The van der Waals surface area contributed by atoms with Crippen molar-refractivity contribution in [3.8, 4) is 0 Å². The van der Waals surface area contributed by atoms with Crippen LogP contribution in [-0.4, -0.2) is 34.6 Å². The summed E-state index contributed by atoms with van der Waals surface area (Å²) in [7, 11) is 0. The molecular formula is C28H23BrN2O4S3. The van der Waals surface area contributed by atoms with Crippen LogP contribution in [0.25, 0.3) is 0 Å². The number of imide groups is 1. The lowest BCUT2D eigenvalue weighted by Gasteiger charge is -2.43. The number of rotatable bonds is 4. The molecule has 0 radical (unpaired) electrons. The number of ether oxygens (including phenoxy) is 1. The van der Waals surface area contributed by atoms with Crippen LogP contribution in [-0.2, 0) is 14.3 Å². The fourth-order valence-electron chi connectivity index (χ4n) is 7.28. The molecule has 1 aromatic heterocycles. The highest BCUT2D eigenvalue weighted by Gasteiger charge is 2.69. The van der Waals surface area contributed by atoms with E-state index in [2.05, 4.69) is 45.2 Å². The second kappa shape index (κ2) is 9.15. The highest BCUT2D eigenvalue weighted by molar-refractivity contribution is 9.10. The highest BCUT2D eigenvalue weighted by atomic mass is 79.9. The number of fused-ring (bicyclic) bond motifs is 9. The summed E-state index contributed by atoms with van der Waals surface area (Å²) in [6.07, 6.45) is 0.896. The maximum absolute atomic E-state index is 13.9. The third-order valence-electron chi connectivity index (χ3n) is 8.59. The van der Waals surface area contributed by atoms with Crippen molar-refractivity contribution in [1.29, 1.82) is 0 Å². The van der Waals surface area contributed by atoms with Crippen molar-refractivity contribution in [2.75, 3.05) is 11.5 Å². The van der Waals surface area contributed by atoms with Crippen LogP contribution in [0.3, 0.4) is 0 Å². The van der Waals surface area contributed by atoms with Crippen molar-refractivity contribution in [2.45, 2.75) is 29.5 Å². The third-order valence-corrected chi connectivity index (χ3v) is 12.1. The van der Waals surface area contributed by atoms with Gasteiger partial charge in [-0.05, 0) is 85.3 Å². The van der Waals surface area contributed by atoms with E-state index >= 15 is 0 Å². The molecule has 3 aromatic rings. The predicted molar refractivity (Wildman–Crippen MR) is 152 cm³/mol. The molecule has 10 heteroatoms. The first-order chi connectivity index (χ1) is 18.4. The number of H-pyrrole nitrogens is 1. The number of aromatic amines is 1. The summed E-state index contributed by atoms with van der Waals surface area (Å²) >= 11 is 12.5. The van der Waals surface area contributed by atoms with E-state index in [1.165, 1.54) is 15.3 Å². The SMILES string of the molecule is CCOC(=O)c1ccc(N2C(=O)C3C4CC(C3C2=O)C2C(c3ccc(Br)cc3)c3sc(=S)[nH]c3SC42)cc1. The Bertz CT molecular complexity index is 1530. The van der Waals surface area contributed by atoms with E-state index < -0.39 is 5.97 Å². The molecule has 7 unspecified atom stereocenters. The van der Waals surface area contributed by atoms with Crippen LogP contribution in [0.4, 0.5) is 5.69 Å². The zero-order valence-electron chi connectivity index (χ0n) is 20.3. The molecule has 1 saturated heterocycles. The van der Waals surface area contributed by atoms with E-state index in [0.29, 0.717) is 11.3 Å². The summed E-state index contributed by atoms with van der Waals surface area (Å²) < 4.78 is 6.86. The number of thioether (sulfide) groups is 1. The Hall–Kier alpha value is -2.27. The van der Waals surface area contributed by atoms with Gasteiger partial charge in [0.15, 0.2) is 3.95 Å². The second-order valence-corrected chi connectivity index (χ2v) is 14.1. The minimum Gasteiger partial charge on any atom is -0.462 e. The molecule has 0 spiro atoms. The van der Waals surface area contributed by atoms with Crippen molar-refractivity contribution < 1.29 is 19.1 Å². The minimum absolute atomic E-state index is 0.109. The number of nitrogens with zero attached hydrogens (tertiary/aromatic N) is 1. The van der Waals surface area contributed by atoms with E-state index in [4.69, 9.17) is 17.0 Å². The number of anilines is 1. The Morgan fingerprint density at radius 1 is 1.08 bits per heavy atom. The Labute approximate surface area is 241 Å². The smallest absolute Gasteiger partial charge is 0.338 e. The number of amides is 2. The molecule has 6 nitrogen and oxygen atoms in total. The zero-order chi connectivity index (χ0) is 26.3. The van der Waals surface area contributed by atoms with Gasteiger partial charge in [-0.25, -0.2) is 4.79 Å². The van der Waals surface area contributed by atoms with Gasteiger partial charge in [-0.1, -0.05) is 28.1 Å². The number of aromatic nitrogens is 1. The normalized spacial score (nSPS) is 30.8. The molecule has 2 saturated carbocycles. The van der Waals surface area contributed by atoms with Crippen LogP contribution in [0.2, 0.25) is 0 Å². The number of esters is 1. The molecule has 2 aliphatic carbocycles. The second-order valence-electron chi connectivity index (χ2n) is 10.3. The zero-order valence-corrected chi connectivity index (χ0v) is 24.3. The molecule has 4 aliphatic rings. The Morgan fingerprint density at radius 2 is 1.76 bits per heavy atom. The van der Waals surface area contributed by atoms with E-state index in [0.717, 1.165) is 19.9 Å². The van der Waals surface area contributed by atoms with Crippen LogP contribution < -0.4 is 4.90 Å². The van der Waals surface area contributed by atoms with Gasteiger partial charge < -0.3 is 9.72 Å². The van der Waals surface area contributed by atoms with Gasteiger partial charge >= 0.3 is 5.97 Å². The molecule has 38 heavy (non-hydrogen) atoms. The molecule has 2 amide bonds. The van der Waals surface area contributed by atoms with Gasteiger partial charge in [0.2, 0.25) is 11.8 Å². The van der Waals surface area contributed by atoms with Gasteiger partial charge in [-0.3, -0.25) is 14.5 Å². The molecule has 2 aromatic carbocycles. The van der Waals surface area contributed by atoms with Crippen LogP contribution in [0.15, 0.2) is 58.0 Å². The van der Waals surface area contributed by atoms with E-state index in [1.807, 2.05) is 11.8 Å². The lowest BCUT2D eigenvalue weighted by molar-refractivity contribution is -0.123. The first-order valence-electron chi connectivity index (χ1n) is 12.7. The number of halogens is 1. The van der Waals surface area contributed by atoms with Gasteiger partial charge in [-0.2, -0.15) is 0 Å². The summed E-state index contributed by atoms with van der Waals surface area (Å²) in [5, 5.41) is 1.35. The number of thiazole rings is 1. The number of nitrogens with one attached hydrogen (secondary N) is 1. The molecule has 7 rings (SSSR count). The number of hydrogen-bond acceptors (Lipinski definition) is 7. The molecule has 2 bridgehead atoms. The van der Waals surface area contributed by atoms with Crippen LogP contribution in [0.5, 0.6) is 0 Å². The van der Waals surface area contributed by atoms with E-state index in [9.17, 15) is 14.4 Å². The van der Waals surface area contributed by atoms with Crippen LogP contribution in [0, 0.1) is 33.5 Å².